The number of nitrogens with zero attached hydrogens (tertiary/aromatic N) is 3. The number of hydrogen-bond acceptors (Lipinski definition) is 4. The molecular weight excluding hydrogens is 370 g/mol. The molecule has 0 radical (unpaired) electrons. The molecule has 0 aliphatic carbocycles. The van der Waals surface area contributed by atoms with Gasteiger partial charge in [0.2, 0.25) is 5.91 Å². The largest absolute Gasteiger partial charge is 0.337 e. The van der Waals surface area contributed by atoms with Gasteiger partial charge in [-0.2, -0.15) is 0 Å². The van der Waals surface area contributed by atoms with Gasteiger partial charge in [-0.05, 0) is 56.4 Å². The number of carbonyl (C=O) groups is 3. The Morgan fingerprint density at radius 3 is 2.17 bits per heavy atom. The molecule has 29 heavy (non-hydrogen) atoms. The lowest BCUT2D eigenvalue weighted by molar-refractivity contribution is -0.114. The standard InChI is InChI=1S/C21H25N5O3/c1-14(27)22-15-7-9-16(10-8-15)23-20(28)19-24-18(17-6-2-3-13-26(17)19)21(29)25-11-4-5-12-25/h7-10H,2-6,11-13H2,1H3,(H,22,27)(H,23,28). The molecule has 2 aromatic rings. The normalized spacial score (nSPS) is 15.7. The molecule has 8 heteroatoms. The van der Waals surface area contributed by atoms with E-state index in [2.05, 4.69) is 15.6 Å². The number of hydrogen-bond donors (Lipinski definition) is 2. The topological polar surface area (TPSA) is 96.3 Å². The fraction of sp³-hybridized carbons (Fsp3) is 0.429. The molecule has 2 aliphatic heterocycles. The number of aromatic nitrogens is 2. The minimum absolute atomic E-state index is 0.0631. The Bertz CT molecular complexity index is 942. The van der Waals surface area contributed by atoms with Gasteiger partial charge >= 0.3 is 0 Å². The average molecular weight is 395 g/mol. The van der Waals surface area contributed by atoms with E-state index >= 15 is 0 Å². The zero-order chi connectivity index (χ0) is 20.4. The van der Waals surface area contributed by atoms with Crippen LogP contribution in [0.25, 0.3) is 0 Å². The van der Waals surface area contributed by atoms with Gasteiger partial charge < -0.3 is 20.1 Å². The molecule has 3 amide bonds. The predicted molar refractivity (Wildman–Crippen MR) is 109 cm³/mol. The van der Waals surface area contributed by atoms with Crippen molar-refractivity contribution >= 4 is 29.1 Å². The van der Waals surface area contributed by atoms with E-state index in [1.165, 1.54) is 6.92 Å². The van der Waals surface area contributed by atoms with Crippen LogP contribution in [-0.4, -0.2) is 45.3 Å². The molecule has 0 unspecified atom stereocenters. The quantitative estimate of drug-likeness (QED) is 0.832. The van der Waals surface area contributed by atoms with Gasteiger partial charge in [0.25, 0.3) is 11.8 Å². The lowest BCUT2D eigenvalue weighted by atomic mass is 10.1. The third-order valence-electron chi connectivity index (χ3n) is 5.38. The van der Waals surface area contributed by atoms with Gasteiger partial charge in [-0.15, -0.1) is 0 Å². The molecule has 1 saturated heterocycles. The second-order valence-electron chi connectivity index (χ2n) is 7.55. The van der Waals surface area contributed by atoms with Crippen LogP contribution in [0, 0.1) is 0 Å². The van der Waals surface area contributed by atoms with Crippen LogP contribution in [0.4, 0.5) is 11.4 Å². The first-order chi connectivity index (χ1) is 14.0. The molecule has 2 N–H and O–H groups in total. The molecule has 4 rings (SSSR count). The summed E-state index contributed by atoms with van der Waals surface area (Å²) in [6.45, 7) is 3.65. The summed E-state index contributed by atoms with van der Waals surface area (Å²) in [6.07, 6.45) is 4.76. The van der Waals surface area contributed by atoms with E-state index in [0.29, 0.717) is 23.6 Å². The minimum Gasteiger partial charge on any atom is -0.337 e. The molecule has 152 valence electrons. The number of carbonyl (C=O) groups excluding carboxylic acids is 3. The molecule has 1 aromatic carbocycles. The first-order valence-corrected chi connectivity index (χ1v) is 10.1. The summed E-state index contributed by atoms with van der Waals surface area (Å²) in [5.41, 5.74) is 2.56. The second-order valence-corrected chi connectivity index (χ2v) is 7.55. The molecule has 1 aromatic heterocycles. The smallest absolute Gasteiger partial charge is 0.291 e. The van der Waals surface area contributed by atoms with Crippen LogP contribution in [0.1, 0.15) is 59.4 Å². The SMILES string of the molecule is CC(=O)Nc1ccc(NC(=O)c2nc(C(=O)N3CCCC3)c3n2CCCC3)cc1. The molecule has 3 heterocycles. The lowest BCUT2D eigenvalue weighted by Crippen LogP contribution is -2.29. The van der Waals surface area contributed by atoms with Crippen LogP contribution in [0.3, 0.4) is 0 Å². The van der Waals surface area contributed by atoms with Crippen LogP contribution in [0.5, 0.6) is 0 Å². The van der Waals surface area contributed by atoms with Crippen molar-refractivity contribution in [2.45, 2.75) is 45.6 Å². The monoisotopic (exact) mass is 395 g/mol. The van der Waals surface area contributed by atoms with Gasteiger partial charge in [-0.3, -0.25) is 14.4 Å². The first-order valence-electron chi connectivity index (χ1n) is 10.1. The summed E-state index contributed by atoms with van der Waals surface area (Å²) in [7, 11) is 0. The van der Waals surface area contributed by atoms with E-state index in [9.17, 15) is 14.4 Å². The number of fused-ring (bicyclic) bond motifs is 1. The molecular formula is C21H25N5O3. The van der Waals surface area contributed by atoms with Crippen molar-refractivity contribution in [1.82, 2.24) is 14.5 Å². The summed E-state index contributed by atoms with van der Waals surface area (Å²) < 4.78 is 1.90. The number of likely N-dealkylation sites (tertiary alicyclic amines) is 1. The minimum atomic E-state index is -0.333. The summed E-state index contributed by atoms with van der Waals surface area (Å²) in [4.78, 5) is 43.3. The van der Waals surface area contributed by atoms with Crippen molar-refractivity contribution < 1.29 is 14.4 Å². The number of nitrogens with one attached hydrogen (secondary N) is 2. The van der Waals surface area contributed by atoms with E-state index in [1.807, 2.05) is 9.47 Å². The van der Waals surface area contributed by atoms with Gasteiger partial charge in [0, 0.05) is 37.9 Å². The third-order valence-corrected chi connectivity index (χ3v) is 5.38. The van der Waals surface area contributed by atoms with Crippen molar-refractivity contribution in [1.29, 1.82) is 0 Å². The molecule has 8 nitrogen and oxygen atoms in total. The number of rotatable bonds is 4. The fourth-order valence-electron chi connectivity index (χ4n) is 3.98. The van der Waals surface area contributed by atoms with Gasteiger partial charge in [0.05, 0.1) is 5.69 Å². The van der Waals surface area contributed by atoms with E-state index < -0.39 is 0 Å². The van der Waals surface area contributed by atoms with E-state index in [4.69, 9.17) is 0 Å². The highest BCUT2D eigenvalue weighted by atomic mass is 16.2. The average Bonchev–Trinajstić information content (AvgIpc) is 3.37. The summed E-state index contributed by atoms with van der Waals surface area (Å²) in [6, 6.07) is 6.89. The Morgan fingerprint density at radius 2 is 1.52 bits per heavy atom. The molecule has 0 saturated carbocycles. The van der Waals surface area contributed by atoms with Crippen molar-refractivity contribution in [2.24, 2.45) is 0 Å². The maximum atomic E-state index is 12.9. The van der Waals surface area contributed by atoms with E-state index in [0.717, 1.165) is 50.9 Å². The van der Waals surface area contributed by atoms with Gasteiger partial charge in [-0.1, -0.05) is 0 Å². The summed E-state index contributed by atoms with van der Waals surface area (Å²) in [5.74, 6) is -0.262. The molecule has 0 bridgehead atoms. The van der Waals surface area contributed by atoms with Crippen LogP contribution >= 0.6 is 0 Å². The number of anilines is 2. The van der Waals surface area contributed by atoms with Crippen molar-refractivity contribution in [3.8, 4) is 0 Å². The second kappa shape index (κ2) is 8.06. The number of imidazole rings is 1. The maximum Gasteiger partial charge on any atom is 0.291 e. The van der Waals surface area contributed by atoms with Crippen LogP contribution in [0.15, 0.2) is 24.3 Å². The highest BCUT2D eigenvalue weighted by Gasteiger charge is 2.30. The Hall–Kier alpha value is -3.16. The van der Waals surface area contributed by atoms with E-state index in [1.54, 1.807) is 24.3 Å². The van der Waals surface area contributed by atoms with Crippen molar-refractivity contribution in [3.05, 3.63) is 41.5 Å². The number of benzene rings is 1. The van der Waals surface area contributed by atoms with Gasteiger partial charge in [0.1, 0.15) is 5.69 Å². The molecule has 0 spiro atoms. The van der Waals surface area contributed by atoms with Crippen LogP contribution < -0.4 is 10.6 Å². The van der Waals surface area contributed by atoms with Gasteiger partial charge in [-0.25, -0.2) is 4.98 Å². The highest BCUT2D eigenvalue weighted by molar-refractivity contribution is 6.04. The summed E-state index contributed by atoms with van der Waals surface area (Å²) in [5, 5.41) is 5.54. The Kier molecular flexibility index (Phi) is 5.33. The highest BCUT2D eigenvalue weighted by Crippen LogP contribution is 2.24. The van der Waals surface area contributed by atoms with Gasteiger partial charge in [0.15, 0.2) is 5.82 Å². The Balaban J connectivity index is 1.56. The predicted octanol–water partition coefficient (Wildman–Crippen LogP) is 2.67. The maximum absolute atomic E-state index is 12.9. The molecule has 1 fully saturated rings. The van der Waals surface area contributed by atoms with Crippen molar-refractivity contribution in [2.75, 3.05) is 23.7 Å². The van der Waals surface area contributed by atoms with Crippen molar-refractivity contribution in [3.63, 3.8) is 0 Å². The zero-order valence-electron chi connectivity index (χ0n) is 16.5. The lowest BCUT2D eigenvalue weighted by Gasteiger charge is -2.18. The Labute approximate surface area is 169 Å². The third kappa shape index (κ3) is 4.01. The van der Waals surface area contributed by atoms with E-state index in [-0.39, 0.29) is 23.5 Å². The number of amides is 3. The Morgan fingerprint density at radius 1 is 0.897 bits per heavy atom. The van der Waals surface area contributed by atoms with Crippen LogP contribution in [-0.2, 0) is 17.8 Å². The summed E-state index contributed by atoms with van der Waals surface area (Å²) >= 11 is 0. The molecule has 0 atom stereocenters. The zero-order valence-corrected chi connectivity index (χ0v) is 16.5. The first kappa shape index (κ1) is 19.2. The fourth-order valence-corrected chi connectivity index (χ4v) is 3.98. The van der Waals surface area contributed by atoms with Crippen LogP contribution in [0.2, 0.25) is 0 Å². The molecule has 2 aliphatic rings.